The van der Waals surface area contributed by atoms with Crippen molar-refractivity contribution < 1.29 is 14.1 Å². The van der Waals surface area contributed by atoms with Crippen molar-refractivity contribution in [2.24, 2.45) is 0 Å². The number of halogens is 2. The van der Waals surface area contributed by atoms with Crippen molar-refractivity contribution in [3.8, 4) is 0 Å². The molecule has 0 bridgehead atoms. The van der Waals surface area contributed by atoms with Crippen LogP contribution in [0, 0.1) is 15.9 Å². The first-order valence-corrected chi connectivity index (χ1v) is 10.6. The van der Waals surface area contributed by atoms with E-state index >= 15 is 0 Å². The number of nitrogens with one attached hydrogen (secondary N) is 1. The van der Waals surface area contributed by atoms with Crippen LogP contribution in [0.3, 0.4) is 0 Å². The number of hydrogen-bond acceptors (Lipinski definition) is 6. The number of benzene rings is 2. The summed E-state index contributed by atoms with van der Waals surface area (Å²) >= 11 is 4.43. The van der Waals surface area contributed by atoms with Crippen LogP contribution in [0.1, 0.15) is 13.3 Å². The molecule has 0 aliphatic carbocycles. The monoisotopic (exact) mass is 494 g/mol. The van der Waals surface area contributed by atoms with E-state index in [0.717, 1.165) is 28.4 Å². The molecule has 8 nitrogen and oxygen atoms in total. The van der Waals surface area contributed by atoms with Gasteiger partial charge < -0.3 is 5.32 Å². The lowest BCUT2D eigenvalue weighted by atomic mass is 10.2. The summed E-state index contributed by atoms with van der Waals surface area (Å²) in [4.78, 5) is 39.6. The lowest BCUT2D eigenvalue weighted by molar-refractivity contribution is -0.387. The van der Waals surface area contributed by atoms with Crippen LogP contribution in [0.4, 0.5) is 15.8 Å². The maximum Gasteiger partial charge on any atom is 0.306 e. The van der Waals surface area contributed by atoms with E-state index in [0.29, 0.717) is 29.0 Å². The quantitative estimate of drug-likeness (QED) is 0.226. The van der Waals surface area contributed by atoms with Crippen molar-refractivity contribution in [1.29, 1.82) is 0 Å². The van der Waals surface area contributed by atoms with Crippen LogP contribution in [0.5, 0.6) is 0 Å². The highest BCUT2D eigenvalue weighted by atomic mass is 79.9. The third-order valence-electron chi connectivity index (χ3n) is 4.09. The van der Waals surface area contributed by atoms with E-state index in [2.05, 4.69) is 26.2 Å². The van der Waals surface area contributed by atoms with E-state index < -0.39 is 22.3 Å². The van der Waals surface area contributed by atoms with Crippen molar-refractivity contribution in [2.45, 2.75) is 25.0 Å². The predicted molar refractivity (Wildman–Crippen MR) is 116 cm³/mol. The fourth-order valence-corrected chi connectivity index (χ4v) is 3.95. The number of carbonyl (C=O) groups is 1. The second kappa shape index (κ2) is 9.35. The van der Waals surface area contributed by atoms with Crippen molar-refractivity contribution in [3.63, 3.8) is 0 Å². The van der Waals surface area contributed by atoms with Gasteiger partial charge >= 0.3 is 5.69 Å². The predicted octanol–water partition coefficient (Wildman–Crippen LogP) is 4.35. The first kappa shape index (κ1) is 21.9. The summed E-state index contributed by atoms with van der Waals surface area (Å²) in [6, 6.07) is 8.32. The first-order chi connectivity index (χ1) is 14.3. The molecule has 1 aromatic heterocycles. The number of amides is 1. The summed E-state index contributed by atoms with van der Waals surface area (Å²) in [5.41, 5.74) is -0.289. The molecule has 0 aliphatic rings. The maximum atomic E-state index is 13.4. The summed E-state index contributed by atoms with van der Waals surface area (Å²) in [7, 11) is 0. The molecule has 156 valence electrons. The Morgan fingerprint density at radius 3 is 2.80 bits per heavy atom. The van der Waals surface area contributed by atoms with E-state index in [9.17, 15) is 24.1 Å². The van der Waals surface area contributed by atoms with Gasteiger partial charge in [-0.15, -0.1) is 0 Å². The molecule has 0 spiro atoms. The van der Waals surface area contributed by atoms with Gasteiger partial charge in [0.05, 0.1) is 21.6 Å². The van der Waals surface area contributed by atoms with Crippen LogP contribution in [0.15, 0.2) is 50.8 Å². The molecule has 3 rings (SSSR count). The number of thioether (sulfide) groups is 1. The zero-order chi connectivity index (χ0) is 21.8. The number of nitro groups is 1. The highest BCUT2D eigenvalue weighted by Gasteiger charge is 2.17. The number of aromatic nitrogens is 2. The van der Waals surface area contributed by atoms with Gasteiger partial charge in [0.2, 0.25) is 11.7 Å². The van der Waals surface area contributed by atoms with Crippen molar-refractivity contribution in [3.05, 3.63) is 67.2 Å². The number of rotatable bonds is 7. The van der Waals surface area contributed by atoms with Crippen molar-refractivity contribution in [2.75, 3.05) is 11.1 Å². The van der Waals surface area contributed by atoms with E-state index in [-0.39, 0.29) is 17.0 Å². The third-order valence-corrected chi connectivity index (χ3v) is 5.56. The summed E-state index contributed by atoms with van der Waals surface area (Å²) in [6.45, 7) is 2.38. The highest BCUT2D eigenvalue weighted by molar-refractivity contribution is 9.10. The van der Waals surface area contributed by atoms with E-state index in [1.54, 1.807) is 18.2 Å². The van der Waals surface area contributed by atoms with Crippen LogP contribution in [0.25, 0.3) is 10.9 Å². The first-order valence-electron chi connectivity index (χ1n) is 8.87. The Kier molecular flexibility index (Phi) is 6.83. The van der Waals surface area contributed by atoms with Gasteiger partial charge in [-0.1, -0.05) is 34.6 Å². The van der Waals surface area contributed by atoms with Gasteiger partial charge in [-0.3, -0.25) is 24.3 Å². The normalized spacial score (nSPS) is 10.9. The molecule has 1 heterocycles. The van der Waals surface area contributed by atoms with E-state index in [1.165, 1.54) is 10.6 Å². The molecule has 0 atom stereocenters. The fourth-order valence-electron chi connectivity index (χ4n) is 2.76. The molecule has 30 heavy (non-hydrogen) atoms. The summed E-state index contributed by atoms with van der Waals surface area (Å²) < 4.78 is 15.7. The lowest BCUT2D eigenvalue weighted by Crippen LogP contribution is -2.24. The van der Waals surface area contributed by atoms with Crippen LogP contribution in [-0.4, -0.2) is 26.1 Å². The second-order valence-corrected chi connectivity index (χ2v) is 8.13. The van der Waals surface area contributed by atoms with Crippen LogP contribution >= 0.6 is 27.7 Å². The standard InChI is InChI=1S/C19H16BrFN4O4S/c1-2-7-24-18(27)13-8-11(20)3-6-15(13)23-19(24)30-10-17(26)22-12-4-5-14(21)16(9-12)25(28)29/h3-6,8-9H,2,7,10H2,1H3,(H,22,26). The Bertz CT molecular complexity index is 1200. The summed E-state index contributed by atoms with van der Waals surface area (Å²) in [6.07, 6.45) is 0.708. The molecule has 0 saturated heterocycles. The Hall–Kier alpha value is -2.79. The largest absolute Gasteiger partial charge is 0.325 e. The molecule has 0 saturated carbocycles. The Morgan fingerprint density at radius 2 is 2.10 bits per heavy atom. The smallest absolute Gasteiger partial charge is 0.306 e. The Morgan fingerprint density at radius 1 is 1.33 bits per heavy atom. The summed E-state index contributed by atoms with van der Waals surface area (Å²) in [5, 5.41) is 14.2. The van der Waals surface area contributed by atoms with Gasteiger partial charge in [-0.2, -0.15) is 4.39 Å². The van der Waals surface area contributed by atoms with Gasteiger partial charge in [-0.05, 0) is 36.8 Å². The van der Waals surface area contributed by atoms with Crippen LogP contribution in [0.2, 0.25) is 0 Å². The zero-order valence-corrected chi connectivity index (χ0v) is 18.1. The van der Waals surface area contributed by atoms with Gasteiger partial charge in [0, 0.05) is 22.8 Å². The van der Waals surface area contributed by atoms with Crippen molar-refractivity contribution >= 4 is 55.9 Å². The topological polar surface area (TPSA) is 107 Å². The highest BCUT2D eigenvalue weighted by Crippen LogP contribution is 2.23. The minimum atomic E-state index is -0.983. The minimum absolute atomic E-state index is 0.0800. The van der Waals surface area contributed by atoms with Crippen LogP contribution in [-0.2, 0) is 11.3 Å². The van der Waals surface area contributed by atoms with Crippen LogP contribution < -0.4 is 10.9 Å². The van der Waals surface area contributed by atoms with E-state index in [4.69, 9.17) is 0 Å². The molecular formula is C19H16BrFN4O4S. The molecule has 11 heteroatoms. The third kappa shape index (κ3) is 4.85. The summed E-state index contributed by atoms with van der Waals surface area (Å²) in [5.74, 6) is -1.53. The van der Waals surface area contributed by atoms with E-state index in [1.807, 2.05) is 6.92 Å². The average Bonchev–Trinajstić information content (AvgIpc) is 2.70. The lowest BCUT2D eigenvalue weighted by Gasteiger charge is -2.12. The molecular weight excluding hydrogens is 479 g/mol. The Labute approximate surface area is 182 Å². The van der Waals surface area contributed by atoms with Gasteiger partial charge in [0.15, 0.2) is 5.16 Å². The molecule has 3 aromatic rings. The molecule has 1 N–H and O–H groups in total. The molecule has 0 unspecified atom stereocenters. The molecule has 0 fully saturated rings. The number of fused-ring (bicyclic) bond motifs is 1. The fraction of sp³-hybridized carbons (Fsp3) is 0.211. The van der Waals surface area contributed by atoms with Crippen molar-refractivity contribution in [1.82, 2.24) is 9.55 Å². The van der Waals surface area contributed by atoms with Gasteiger partial charge in [0.25, 0.3) is 5.56 Å². The van der Waals surface area contributed by atoms with Gasteiger partial charge in [-0.25, -0.2) is 4.98 Å². The average molecular weight is 495 g/mol. The molecule has 1 amide bonds. The zero-order valence-electron chi connectivity index (χ0n) is 15.7. The Balaban J connectivity index is 1.81. The molecule has 0 radical (unpaired) electrons. The second-order valence-electron chi connectivity index (χ2n) is 6.27. The number of carbonyl (C=O) groups excluding carboxylic acids is 1. The minimum Gasteiger partial charge on any atom is -0.325 e. The molecule has 2 aromatic carbocycles. The number of nitro benzene ring substituents is 1. The van der Waals surface area contributed by atoms with Gasteiger partial charge in [0.1, 0.15) is 0 Å². The molecule has 0 aliphatic heterocycles. The number of hydrogen-bond donors (Lipinski definition) is 1. The SMILES string of the molecule is CCCn1c(SCC(=O)Nc2ccc(F)c([N+](=O)[O-])c2)nc2ccc(Br)cc2c1=O. The number of anilines is 1. The number of nitrogens with zero attached hydrogens (tertiary/aromatic N) is 3. The maximum absolute atomic E-state index is 13.4.